The summed E-state index contributed by atoms with van der Waals surface area (Å²) < 4.78 is 22.0. The quantitative estimate of drug-likeness (QED) is 0.815. The van der Waals surface area contributed by atoms with Crippen LogP contribution in [0, 0.1) is 11.2 Å². The summed E-state index contributed by atoms with van der Waals surface area (Å²) in [6.45, 7) is 10.3. The molecule has 1 aromatic heterocycles. The molecule has 30 heavy (non-hydrogen) atoms. The maximum Gasteiger partial charge on any atom is 0.412 e. The first-order chi connectivity index (χ1) is 13.9. The number of carbonyl (C=O) groups excluding carboxylic acids is 2. The van der Waals surface area contributed by atoms with Crippen molar-refractivity contribution in [2.24, 2.45) is 12.5 Å². The number of nitrogens with zero attached hydrogens (tertiary/aromatic N) is 3. The molecule has 8 heteroatoms. The Kier molecular flexibility index (Phi) is 5.62. The molecule has 1 fully saturated rings. The molecule has 2 heterocycles. The number of nitrogens with one attached hydrogen (secondary N) is 1. The number of carbonyl (C=O) groups is 2. The van der Waals surface area contributed by atoms with E-state index in [0.717, 1.165) is 5.56 Å². The van der Waals surface area contributed by atoms with Crippen molar-refractivity contribution in [3.63, 3.8) is 0 Å². The molecule has 0 aliphatic carbocycles. The molecule has 0 radical (unpaired) electrons. The lowest BCUT2D eigenvalue weighted by molar-refractivity contribution is 0.0634. The molecule has 3 rings (SSSR count). The number of rotatable bonds is 3. The molecule has 1 aliphatic heterocycles. The largest absolute Gasteiger partial charge is 0.444 e. The van der Waals surface area contributed by atoms with E-state index in [2.05, 4.69) is 24.3 Å². The molecular formula is C22H29FN4O3. The molecule has 2 amide bonds. The summed E-state index contributed by atoms with van der Waals surface area (Å²) in [7, 11) is 1.85. The first-order valence-corrected chi connectivity index (χ1v) is 9.94. The van der Waals surface area contributed by atoms with Gasteiger partial charge in [0.2, 0.25) is 0 Å². The number of anilines is 1. The third-order valence-corrected chi connectivity index (χ3v) is 5.22. The SMILES string of the molecule is Cn1cc(C2CN(C(=O)c3cccc(NC(=O)OC(C)(C)C)c3F)CC2(C)C)cn1. The lowest BCUT2D eigenvalue weighted by Crippen LogP contribution is -2.31. The van der Waals surface area contributed by atoms with E-state index >= 15 is 4.39 Å². The zero-order valence-electron chi connectivity index (χ0n) is 18.3. The molecule has 1 N–H and O–H groups in total. The fraction of sp³-hybridized carbons (Fsp3) is 0.500. The molecule has 1 aliphatic rings. The Bertz CT molecular complexity index is 962. The van der Waals surface area contributed by atoms with Gasteiger partial charge in [-0.25, -0.2) is 9.18 Å². The Morgan fingerprint density at radius 1 is 1.30 bits per heavy atom. The molecule has 7 nitrogen and oxygen atoms in total. The molecule has 1 saturated heterocycles. The minimum absolute atomic E-state index is 0.0776. The van der Waals surface area contributed by atoms with E-state index in [1.54, 1.807) is 36.4 Å². The number of benzene rings is 1. The third kappa shape index (κ3) is 4.63. The van der Waals surface area contributed by atoms with Gasteiger partial charge in [0.1, 0.15) is 5.60 Å². The highest BCUT2D eigenvalue weighted by molar-refractivity contribution is 5.97. The summed E-state index contributed by atoms with van der Waals surface area (Å²) in [4.78, 5) is 26.8. The van der Waals surface area contributed by atoms with E-state index in [9.17, 15) is 9.59 Å². The van der Waals surface area contributed by atoms with Gasteiger partial charge in [0.25, 0.3) is 5.91 Å². The van der Waals surface area contributed by atoms with Crippen LogP contribution in [0.15, 0.2) is 30.6 Å². The highest BCUT2D eigenvalue weighted by atomic mass is 19.1. The Morgan fingerprint density at radius 3 is 2.60 bits per heavy atom. The van der Waals surface area contributed by atoms with Crippen LogP contribution in [0.5, 0.6) is 0 Å². The summed E-state index contributed by atoms with van der Waals surface area (Å²) in [5.41, 5.74) is 0.00000692. The first kappa shape index (κ1) is 21.8. The fourth-order valence-electron chi connectivity index (χ4n) is 3.84. The summed E-state index contributed by atoms with van der Waals surface area (Å²) in [6.07, 6.45) is 2.99. The molecule has 1 unspecified atom stereocenters. The van der Waals surface area contributed by atoms with Crippen LogP contribution in [0.1, 0.15) is 56.5 Å². The number of hydrogen-bond donors (Lipinski definition) is 1. The average molecular weight is 416 g/mol. The van der Waals surface area contributed by atoms with Crippen molar-refractivity contribution in [1.29, 1.82) is 0 Å². The smallest absolute Gasteiger partial charge is 0.412 e. The van der Waals surface area contributed by atoms with Gasteiger partial charge in [0.05, 0.1) is 17.4 Å². The second kappa shape index (κ2) is 7.74. The molecule has 2 aromatic rings. The monoisotopic (exact) mass is 416 g/mol. The maximum absolute atomic E-state index is 15.1. The van der Waals surface area contributed by atoms with Gasteiger partial charge >= 0.3 is 6.09 Å². The standard InChI is InChI=1S/C22H29FN4O3/c1-21(2,3)30-20(29)25-17-9-7-8-15(18(17)23)19(28)27-12-16(22(4,5)13-27)14-10-24-26(6)11-14/h7-11,16H,12-13H2,1-6H3,(H,25,29). The minimum atomic E-state index is -0.773. The number of amides is 2. The number of aromatic nitrogens is 2. The Hall–Kier alpha value is -2.90. The zero-order valence-corrected chi connectivity index (χ0v) is 18.3. The second-order valence-corrected chi connectivity index (χ2v) is 9.47. The predicted octanol–water partition coefficient (Wildman–Crippen LogP) is 4.17. The number of aryl methyl sites for hydroxylation is 1. The van der Waals surface area contributed by atoms with Crippen LogP contribution in [0.2, 0.25) is 0 Å². The van der Waals surface area contributed by atoms with Crippen molar-refractivity contribution in [3.8, 4) is 0 Å². The van der Waals surface area contributed by atoms with Crippen molar-refractivity contribution < 1.29 is 18.7 Å². The molecule has 0 saturated carbocycles. The van der Waals surface area contributed by atoms with Crippen LogP contribution in [-0.2, 0) is 11.8 Å². The average Bonchev–Trinajstić information content (AvgIpc) is 3.17. The van der Waals surface area contributed by atoms with Gasteiger partial charge < -0.3 is 9.64 Å². The molecule has 162 valence electrons. The second-order valence-electron chi connectivity index (χ2n) is 9.47. The highest BCUT2D eigenvalue weighted by Crippen LogP contribution is 2.42. The van der Waals surface area contributed by atoms with E-state index in [1.807, 2.05) is 19.4 Å². The van der Waals surface area contributed by atoms with E-state index in [0.29, 0.717) is 13.1 Å². The molecule has 0 bridgehead atoms. The Morgan fingerprint density at radius 2 is 2.00 bits per heavy atom. The number of likely N-dealkylation sites (tertiary alicyclic amines) is 1. The van der Waals surface area contributed by atoms with E-state index in [4.69, 9.17) is 4.74 Å². The van der Waals surface area contributed by atoms with Crippen molar-refractivity contribution in [3.05, 3.63) is 47.5 Å². The molecule has 1 aromatic carbocycles. The molecule has 1 atom stereocenters. The van der Waals surface area contributed by atoms with Crippen LogP contribution in [-0.4, -0.2) is 45.4 Å². The van der Waals surface area contributed by atoms with Crippen molar-refractivity contribution >= 4 is 17.7 Å². The van der Waals surface area contributed by atoms with Gasteiger partial charge in [-0.3, -0.25) is 14.8 Å². The third-order valence-electron chi connectivity index (χ3n) is 5.22. The molecular weight excluding hydrogens is 387 g/mol. The lowest BCUT2D eigenvalue weighted by atomic mass is 9.79. The van der Waals surface area contributed by atoms with E-state index < -0.39 is 23.4 Å². The normalized spacial score (nSPS) is 18.4. The number of hydrogen-bond acceptors (Lipinski definition) is 4. The maximum atomic E-state index is 15.1. The topological polar surface area (TPSA) is 76.5 Å². The predicted molar refractivity (Wildman–Crippen MR) is 112 cm³/mol. The Balaban J connectivity index is 1.79. The van der Waals surface area contributed by atoms with Gasteiger partial charge in [-0.2, -0.15) is 5.10 Å². The molecule has 0 spiro atoms. The number of halogens is 1. The van der Waals surface area contributed by atoms with Crippen LogP contribution in [0.3, 0.4) is 0 Å². The summed E-state index contributed by atoms with van der Waals surface area (Å²) in [6, 6.07) is 4.38. The van der Waals surface area contributed by atoms with E-state index in [-0.39, 0.29) is 22.6 Å². The van der Waals surface area contributed by atoms with Crippen LogP contribution >= 0.6 is 0 Å². The minimum Gasteiger partial charge on any atom is -0.444 e. The Labute approximate surface area is 176 Å². The zero-order chi connectivity index (χ0) is 22.3. The van der Waals surface area contributed by atoms with Gasteiger partial charge in [-0.15, -0.1) is 0 Å². The first-order valence-electron chi connectivity index (χ1n) is 9.94. The van der Waals surface area contributed by atoms with E-state index in [1.165, 1.54) is 12.1 Å². The van der Waals surface area contributed by atoms with Crippen LogP contribution in [0.4, 0.5) is 14.9 Å². The fourth-order valence-corrected chi connectivity index (χ4v) is 3.84. The van der Waals surface area contributed by atoms with Crippen LogP contribution < -0.4 is 5.32 Å². The van der Waals surface area contributed by atoms with Crippen molar-refractivity contribution in [2.75, 3.05) is 18.4 Å². The van der Waals surface area contributed by atoms with Crippen molar-refractivity contribution in [2.45, 2.75) is 46.1 Å². The van der Waals surface area contributed by atoms with Gasteiger partial charge in [-0.1, -0.05) is 19.9 Å². The summed E-state index contributed by atoms with van der Waals surface area (Å²) >= 11 is 0. The van der Waals surface area contributed by atoms with Gasteiger partial charge in [0, 0.05) is 32.3 Å². The number of ether oxygens (including phenoxy) is 1. The summed E-state index contributed by atoms with van der Waals surface area (Å²) in [5.74, 6) is -1.07. The lowest BCUT2D eigenvalue weighted by Gasteiger charge is -2.24. The van der Waals surface area contributed by atoms with Gasteiger partial charge in [0.15, 0.2) is 5.82 Å². The van der Waals surface area contributed by atoms with Gasteiger partial charge in [-0.05, 0) is 43.9 Å². The summed E-state index contributed by atoms with van der Waals surface area (Å²) in [5, 5.41) is 6.62. The highest BCUT2D eigenvalue weighted by Gasteiger charge is 2.43. The van der Waals surface area contributed by atoms with Crippen LogP contribution in [0.25, 0.3) is 0 Å². The van der Waals surface area contributed by atoms with Crippen molar-refractivity contribution in [1.82, 2.24) is 14.7 Å².